The molecule has 1 amide bonds. The van der Waals surface area contributed by atoms with Gasteiger partial charge in [-0.1, -0.05) is 13.8 Å². The Hall–Kier alpha value is -1.04. The van der Waals surface area contributed by atoms with Gasteiger partial charge in [0.2, 0.25) is 5.91 Å². The maximum absolute atomic E-state index is 11.4. The van der Waals surface area contributed by atoms with E-state index in [0.717, 1.165) is 13.0 Å². The molecular weight excluding hydrogens is 164 g/mol. The Kier molecular flexibility index (Phi) is 3.30. The summed E-state index contributed by atoms with van der Waals surface area (Å²) in [4.78, 5) is 13.2. The third-order valence-corrected chi connectivity index (χ3v) is 2.27. The standard InChI is InChI=1S/C10H16N2O/c1-8(2)6-12-7-9(5-11)3-4-10(12)13/h8-9H,3-4,6-7H2,1-2H3. The van der Waals surface area contributed by atoms with E-state index in [1.54, 1.807) is 0 Å². The highest BCUT2D eigenvalue weighted by molar-refractivity contribution is 5.77. The second kappa shape index (κ2) is 4.27. The number of rotatable bonds is 2. The van der Waals surface area contributed by atoms with Crippen molar-refractivity contribution in [3.05, 3.63) is 0 Å². The van der Waals surface area contributed by atoms with E-state index in [9.17, 15) is 4.79 Å². The molecule has 0 aromatic carbocycles. The summed E-state index contributed by atoms with van der Waals surface area (Å²) in [5, 5.41) is 8.74. The van der Waals surface area contributed by atoms with Crippen LogP contribution in [0, 0.1) is 23.2 Å². The van der Waals surface area contributed by atoms with Crippen LogP contribution >= 0.6 is 0 Å². The molecule has 1 atom stereocenters. The van der Waals surface area contributed by atoms with Crippen LogP contribution in [0.5, 0.6) is 0 Å². The number of nitriles is 1. The lowest BCUT2D eigenvalue weighted by Gasteiger charge is -2.30. The maximum Gasteiger partial charge on any atom is 0.222 e. The van der Waals surface area contributed by atoms with Crippen LogP contribution in [0.25, 0.3) is 0 Å². The first-order valence-corrected chi connectivity index (χ1v) is 4.81. The summed E-state index contributed by atoms with van der Waals surface area (Å²) in [7, 11) is 0. The van der Waals surface area contributed by atoms with Crippen molar-refractivity contribution in [2.24, 2.45) is 11.8 Å². The average molecular weight is 180 g/mol. The molecule has 1 aliphatic rings. The quantitative estimate of drug-likeness (QED) is 0.644. The van der Waals surface area contributed by atoms with Gasteiger partial charge < -0.3 is 4.90 Å². The van der Waals surface area contributed by atoms with Gasteiger partial charge >= 0.3 is 0 Å². The van der Waals surface area contributed by atoms with Crippen LogP contribution in [0.4, 0.5) is 0 Å². The van der Waals surface area contributed by atoms with Gasteiger partial charge in [0, 0.05) is 19.5 Å². The lowest BCUT2D eigenvalue weighted by Crippen LogP contribution is -2.41. The second-order valence-electron chi connectivity index (χ2n) is 4.06. The van der Waals surface area contributed by atoms with Gasteiger partial charge in [-0.3, -0.25) is 4.79 Å². The Bertz CT molecular complexity index is 230. The molecule has 0 N–H and O–H groups in total. The average Bonchev–Trinajstić information content (AvgIpc) is 2.08. The first-order chi connectivity index (χ1) is 6.13. The van der Waals surface area contributed by atoms with Crippen molar-refractivity contribution in [1.82, 2.24) is 4.90 Å². The highest BCUT2D eigenvalue weighted by Crippen LogP contribution is 2.17. The van der Waals surface area contributed by atoms with Crippen LogP contribution in [-0.2, 0) is 4.79 Å². The van der Waals surface area contributed by atoms with E-state index >= 15 is 0 Å². The first-order valence-electron chi connectivity index (χ1n) is 4.81. The predicted octanol–water partition coefficient (Wildman–Crippen LogP) is 1.40. The minimum Gasteiger partial charge on any atom is -0.341 e. The lowest BCUT2D eigenvalue weighted by molar-refractivity contribution is -0.134. The fourth-order valence-corrected chi connectivity index (χ4v) is 1.64. The summed E-state index contributed by atoms with van der Waals surface area (Å²) in [6, 6.07) is 2.23. The predicted molar refractivity (Wildman–Crippen MR) is 49.8 cm³/mol. The molecule has 1 rings (SSSR count). The number of carbonyl (C=O) groups excluding carboxylic acids is 1. The van der Waals surface area contributed by atoms with Gasteiger partial charge in [0.1, 0.15) is 0 Å². The Labute approximate surface area is 79.3 Å². The van der Waals surface area contributed by atoms with Crippen molar-refractivity contribution in [2.45, 2.75) is 26.7 Å². The molecule has 0 aromatic rings. The minimum absolute atomic E-state index is 0.0523. The summed E-state index contributed by atoms with van der Waals surface area (Å²) in [6.45, 7) is 5.59. The molecule has 0 aromatic heterocycles. The van der Waals surface area contributed by atoms with Gasteiger partial charge in [-0.05, 0) is 12.3 Å². The van der Waals surface area contributed by atoms with E-state index in [0.29, 0.717) is 18.9 Å². The molecule has 1 heterocycles. The zero-order valence-electron chi connectivity index (χ0n) is 8.29. The third kappa shape index (κ3) is 2.73. The molecule has 1 unspecified atom stereocenters. The van der Waals surface area contributed by atoms with Gasteiger partial charge in [0.25, 0.3) is 0 Å². The zero-order valence-corrected chi connectivity index (χ0v) is 8.29. The van der Waals surface area contributed by atoms with E-state index in [1.807, 2.05) is 4.90 Å². The van der Waals surface area contributed by atoms with E-state index < -0.39 is 0 Å². The minimum atomic E-state index is 0.0523. The Balaban J connectivity index is 2.51. The lowest BCUT2D eigenvalue weighted by atomic mass is 9.98. The van der Waals surface area contributed by atoms with Crippen molar-refractivity contribution in [1.29, 1.82) is 5.26 Å². The molecule has 1 fully saturated rings. The molecule has 1 saturated heterocycles. The molecule has 3 heteroatoms. The summed E-state index contributed by atoms with van der Waals surface area (Å²) in [5.41, 5.74) is 0. The Morgan fingerprint density at radius 2 is 2.38 bits per heavy atom. The summed E-state index contributed by atoms with van der Waals surface area (Å²) < 4.78 is 0. The number of piperidine rings is 1. The highest BCUT2D eigenvalue weighted by Gasteiger charge is 2.25. The molecule has 13 heavy (non-hydrogen) atoms. The van der Waals surface area contributed by atoms with Gasteiger partial charge in [-0.2, -0.15) is 5.26 Å². The van der Waals surface area contributed by atoms with E-state index in [1.165, 1.54) is 0 Å². The molecular formula is C10H16N2O. The van der Waals surface area contributed by atoms with Crippen LogP contribution in [0.1, 0.15) is 26.7 Å². The van der Waals surface area contributed by atoms with Gasteiger partial charge in [-0.15, -0.1) is 0 Å². The van der Waals surface area contributed by atoms with Crippen molar-refractivity contribution in [3.63, 3.8) is 0 Å². The number of hydrogen-bond donors (Lipinski definition) is 0. The summed E-state index contributed by atoms with van der Waals surface area (Å²) in [6.07, 6.45) is 1.29. The highest BCUT2D eigenvalue weighted by atomic mass is 16.2. The van der Waals surface area contributed by atoms with Crippen molar-refractivity contribution >= 4 is 5.91 Å². The van der Waals surface area contributed by atoms with Crippen LogP contribution in [-0.4, -0.2) is 23.9 Å². The number of hydrogen-bond acceptors (Lipinski definition) is 2. The number of likely N-dealkylation sites (tertiary alicyclic amines) is 1. The SMILES string of the molecule is CC(C)CN1CC(C#N)CCC1=O. The zero-order chi connectivity index (χ0) is 9.84. The van der Waals surface area contributed by atoms with Crippen molar-refractivity contribution < 1.29 is 4.79 Å². The monoisotopic (exact) mass is 180 g/mol. The molecule has 72 valence electrons. The Morgan fingerprint density at radius 1 is 1.69 bits per heavy atom. The second-order valence-corrected chi connectivity index (χ2v) is 4.06. The summed E-state index contributed by atoms with van der Waals surface area (Å²) >= 11 is 0. The number of amides is 1. The third-order valence-electron chi connectivity index (χ3n) is 2.27. The van der Waals surface area contributed by atoms with Crippen LogP contribution in [0.2, 0.25) is 0 Å². The van der Waals surface area contributed by atoms with Gasteiger partial charge in [0.05, 0.1) is 12.0 Å². The molecule has 0 radical (unpaired) electrons. The molecule has 0 aliphatic carbocycles. The first kappa shape index (κ1) is 10.0. The van der Waals surface area contributed by atoms with Gasteiger partial charge in [0.15, 0.2) is 0 Å². The van der Waals surface area contributed by atoms with Crippen LogP contribution < -0.4 is 0 Å². The molecule has 0 saturated carbocycles. The molecule has 0 bridgehead atoms. The smallest absolute Gasteiger partial charge is 0.222 e. The van der Waals surface area contributed by atoms with Crippen LogP contribution in [0.3, 0.4) is 0 Å². The van der Waals surface area contributed by atoms with E-state index in [4.69, 9.17) is 5.26 Å². The van der Waals surface area contributed by atoms with Gasteiger partial charge in [-0.25, -0.2) is 0 Å². The van der Waals surface area contributed by atoms with Crippen molar-refractivity contribution in [3.8, 4) is 6.07 Å². The van der Waals surface area contributed by atoms with Crippen LogP contribution in [0.15, 0.2) is 0 Å². The number of nitrogens with zero attached hydrogens (tertiary/aromatic N) is 2. The summed E-state index contributed by atoms with van der Waals surface area (Å²) in [5.74, 6) is 0.748. The maximum atomic E-state index is 11.4. The van der Waals surface area contributed by atoms with E-state index in [2.05, 4.69) is 19.9 Å². The fraction of sp³-hybridized carbons (Fsp3) is 0.800. The number of carbonyl (C=O) groups is 1. The molecule has 0 spiro atoms. The largest absolute Gasteiger partial charge is 0.341 e. The Morgan fingerprint density at radius 3 is 2.92 bits per heavy atom. The van der Waals surface area contributed by atoms with E-state index in [-0.39, 0.29) is 11.8 Å². The fourth-order valence-electron chi connectivity index (χ4n) is 1.64. The topological polar surface area (TPSA) is 44.1 Å². The molecule has 3 nitrogen and oxygen atoms in total. The normalized spacial score (nSPS) is 23.4. The molecule has 1 aliphatic heterocycles. The van der Waals surface area contributed by atoms with Crippen molar-refractivity contribution in [2.75, 3.05) is 13.1 Å².